The Morgan fingerprint density at radius 2 is 1.42 bits per heavy atom. The summed E-state index contributed by atoms with van der Waals surface area (Å²) < 4.78 is 2.10. The third-order valence-electron chi connectivity index (χ3n) is 5.50. The zero-order chi connectivity index (χ0) is 21.4. The Morgan fingerprint density at radius 1 is 0.774 bits per heavy atom. The number of rotatable bonds is 5. The van der Waals surface area contributed by atoms with Crippen LogP contribution in [0.5, 0.6) is 0 Å². The second-order valence-corrected chi connectivity index (χ2v) is 7.36. The topological polar surface area (TPSA) is 71.4 Å². The summed E-state index contributed by atoms with van der Waals surface area (Å²) in [6, 6.07) is 23.4. The fraction of sp³-hybridized carbons (Fsp3) is 0.0800. The van der Waals surface area contributed by atoms with Gasteiger partial charge < -0.3 is 9.88 Å². The van der Waals surface area contributed by atoms with Crippen molar-refractivity contribution in [3.05, 3.63) is 102 Å². The predicted octanol–water partition coefficient (Wildman–Crippen LogP) is 3.87. The Hall–Kier alpha value is -4.19. The normalized spacial score (nSPS) is 13.0. The minimum atomic E-state index is -0.350. The molecule has 0 radical (unpaired) electrons. The van der Waals surface area contributed by atoms with E-state index in [-0.39, 0.29) is 17.7 Å². The number of carbonyl (C=O) groups is 3. The largest absolute Gasteiger partial charge is 0.350 e. The average Bonchev–Trinajstić information content (AvgIpc) is 3.33. The van der Waals surface area contributed by atoms with Gasteiger partial charge in [-0.15, -0.1) is 0 Å². The van der Waals surface area contributed by atoms with Crippen LogP contribution in [0, 0.1) is 0 Å². The Labute approximate surface area is 178 Å². The summed E-state index contributed by atoms with van der Waals surface area (Å²) >= 11 is 0. The Kier molecular flexibility index (Phi) is 4.59. The lowest BCUT2D eigenvalue weighted by Gasteiger charge is -2.14. The number of anilines is 1. The number of hydrogen-bond donors (Lipinski definition) is 1. The summed E-state index contributed by atoms with van der Waals surface area (Å²) in [5.74, 6) is -0.904. The maximum absolute atomic E-state index is 12.6. The van der Waals surface area contributed by atoms with Gasteiger partial charge in [-0.2, -0.15) is 0 Å². The van der Waals surface area contributed by atoms with Crippen molar-refractivity contribution >= 4 is 34.3 Å². The number of nitrogens with zero attached hydrogens (tertiary/aromatic N) is 2. The van der Waals surface area contributed by atoms with E-state index in [0.717, 1.165) is 15.8 Å². The van der Waals surface area contributed by atoms with Gasteiger partial charge in [0.05, 0.1) is 16.8 Å². The van der Waals surface area contributed by atoms with Crippen LogP contribution in [-0.2, 0) is 6.54 Å². The molecule has 3 aromatic carbocycles. The van der Waals surface area contributed by atoms with Crippen molar-refractivity contribution in [2.45, 2.75) is 6.54 Å². The van der Waals surface area contributed by atoms with Crippen LogP contribution < -0.4 is 10.2 Å². The molecule has 31 heavy (non-hydrogen) atoms. The third kappa shape index (κ3) is 3.28. The summed E-state index contributed by atoms with van der Waals surface area (Å²) in [6.45, 7) is 1.14. The molecule has 0 fully saturated rings. The SMILES string of the molecule is O=C(NCCn1ccc2ccccc21)c1ccc(N2C(=O)c3ccccc3C2=O)cc1. The van der Waals surface area contributed by atoms with Gasteiger partial charge in [-0.25, -0.2) is 4.90 Å². The second-order valence-electron chi connectivity index (χ2n) is 7.36. The van der Waals surface area contributed by atoms with Crippen LogP contribution >= 0.6 is 0 Å². The molecule has 6 nitrogen and oxygen atoms in total. The lowest BCUT2D eigenvalue weighted by Crippen LogP contribution is -2.30. The van der Waals surface area contributed by atoms with E-state index in [2.05, 4.69) is 28.1 Å². The van der Waals surface area contributed by atoms with Crippen LogP contribution in [0.15, 0.2) is 85.1 Å². The molecule has 1 aliphatic heterocycles. The van der Waals surface area contributed by atoms with Crippen molar-refractivity contribution in [3.8, 4) is 0 Å². The number of aromatic nitrogens is 1. The number of benzene rings is 3. The van der Waals surface area contributed by atoms with Gasteiger partial charge in [0.25, 0.3) is 17.7 Å². The molecule has 1 aliphatic rings. The van der Waals surface area contributed by atoms with Crippen molar-refractivity contribution in [2.24, 2.45) is 0 Å². The van der Waals surface area contributed by atoms with Gasteiger partial charge in [0, 0.05) is 30.4 Å². The highest BCUT2D eigenvalue weighted by molar-refractivity contribution is 6.34. The Morgan fingerprint density at radius 3 is 2.13 bits per heavy atom. The number of imide groups is 1. The van der Waals surface area contributed by atoms with E-state index < -0.39 is 0 Å². The monoisotopic (exact) mass is 409 g/mol. The fourth-order valence-corrected chi connectivity index (χ4v) is 3.91. The molecular weight excluding hydrogens is 390 g/mol. The number of hydrogen-bond acceptors (Lipinski definition) is 3. The van der Waals surface area contributed by atoms with E-state index in [1.165, 1.54) is 0 Å². The lowest BCUT2D eigenvalue weighted by molar-refractivity contribution is 0.0923. The molecule has 152 valence electrons. The van der Waals surface area contributed by atoms with Gasteiger partial charge in [-0.1, -0.05) is 30.3 Å². The molecule has 5 rings (SSSR count). The van der Waals surface area contributed by atoms with E-state index in [1.807, 2.05) is 18.3 Å². The smallest absolute Gasteiger partial charge is 0.266 e. The summed E-state index contributed by atoms with van der Waals surface area (Å²) in [5, 5.41) is 4.08. The lowest BCUT2D eigenvalue weighted by atomic mass is 10.1. The second kappa shape index (κ2) is 7.57. The van der Waals surface area contributed by atoms with Gasteiger partial charge in [-0.05, 0) is 53.9 Å². The molecule has 0 bridgehead atoms. The number of para-hydroxylation sites is 1. The molecule has 2 heterocycles. The standard InChI is InChI=1S/C25H19N3O3/c29-23(26-14-16-27-15-13-17-5-1-4-8-22(17)27)18-9-11-19(12-10-18)28-24(30)20-6-2-3-7-21(20)25(28)31/h1-13,15H,14,16H2,(H,26,29). The number of amides is 3. The van der Waals surface area contributed by atoms with Gasteiger partial charge in [0.1, 0.15) is 0 Å². The molecule has 1 aromatic heterocycles. The molecular formula is C25H19N3O3. The number of carbonyl (C=O) groups excluding carboxylic acids is 3. The van der Waals surface area contributed by atoms with Gasteiger partial charge in [-0.3, -0.25) is 14.4 Å². The zero-order valence-electron chi connectivity index (χ0n) is 16.6. The van der Waals surface area contributed by atoms with E-state index in [1.54, 1.807) is 48.5 Å². The van der Waals surface area contributed by atoms with Gasteiger partial charge in [0.15, 0.2) is 0 Å². The third-order valence-corrected chi connectivity index (χ3v) is 5.50. The maximum Gasteiger partial charge on any atom is 0.266 e. The Balaban J connectivity index is 1.24. The fourth-order valence-electron chi connectivity index (χ4n) is 3.91. The zero-order valence-corrected chi connectivity index (χ0v) is 16.6. The van der Waals surface area contributed by atoms with Crippen LogP contribution in [0.2, 0.25) is 0 Å². The minimum Gasteiger partial charge on any atom is -0.350 e. The highest BCUT2D eigenvalue weighted by Crippen LogP contribution is 2.28. The first-order valence-electron chi connectivity index (χ1n) is 10.0. The highest BCUT2D eigenvalue weighted by atomic mass is 16.2. The van der Waals surface area contributed by atoms with Gasteiger partial charge in [0.2, 0.25) is 0 Å². The van der Waals surface area contributed by atoms with Crippen LogP contribution in [0.25, 0.3) is 10.9 Å². The molecule has 0 unspecified atom stereocenters. The summed E-state index contributed by atoms with van der Waals surface area (Å²) in [7, 11) is 0. The molecule has 3 amide bonds. The highest BCUT2D eigenvalue weighted by Gasteiger charge is 2.36. The van der Waals surface area contributed by atoms with E-state index in [0.29, 0.717) is 35.5 Å². The van der Waals surface area contributed by atoms with Gasteiger partial charge >= 0.3 is 0 Å². The molecule has 1 N–H and O–H groups in total. The van der Waals surface area contributed by atoms with Crippen molar-refractivity contribution in [2.75, 3.05) is 11.4 Å². The van der Waals surface area contributed by atoms with Crippen molar-refractivity contribution in [1.82, 2.24) is 9.88 Å². The van der Waals surface area contributed by atoms with Crippen LogP contribution in [0.4, 0.5) is 5.69 Å². The first kappa shape index (κ1) is 18.8. The van der Waals surface area contributed by atoms with E-state index in [4.69, 9.17) is 0 Å². The Bertz CT molecular complexity index is 1290. The molecule has 0 saturated carbocycles. The maximum atomic E-state index is 12.6. The van der Waals surface area contributed by atoms with Crippen LogP contribution in [-0.4, -0.2) is 28.8 Å². The van der Waals surface area contributed by atoms with Crippen molar-refractivity contribution in [1.29, 1.82) is 0 Å². The molecule has 0 atom stereocenters. The molecule has 4 aromatic rings. The quantitative estimate of drug-likeness (QED) is 0.509. The summed E-state index contributed by atoms with van der Waals surface area (Å²) in [5.41, 5.74) is 2.83. The average molecular weight is 409 g/mol. The van der Waals surface area contributed by atoms with Crippen molar-refractivity contribution in [3.63, 3.8) is 0 Å². The predicted molar refractivity (Wildman–Crippen MR) is 118 cm³/mol. The van der Waals surface area contributed by atoms with E-state index >= 15 is 0 Å². The first-order chi connectivity index (χ1) is 15.1. The van der Waals surface area contributed by atoms with Crippen LogP contribution in [0.3, 0.4) is 0 Å². The molecule has 6 heteroatoms. The van der Waals surface area contributed by atoms with Crippen molar-refractivity contribution < 1.29 is 14.4 Å². The molecule has 0 spiro atoms. The number of fused-ring (bicyclic) bond motifs is 2. The molecule has 0 saturated heterocycles. The van der Waals surface area contributed by atoms with E-state index in [9.17, 15) is 14.4 Å². The van der Waals surface area contributed by atoms with Crippen LogP contribution in [0.1, 0.15) is 31.1 Å². The summed E-state index contributed by atoms with van der Waals surface area (Å²) in [6.07, 6.45) is 2.01. The summed E-state index contributed by atoms with van der Waals surface area (Å²) in [4.78, 5) is 38.8. The molecule has 0 aliphatic carbocycles. The minimum absolute atomic E-state index is 0.203. The number of nitrogens with one attached hydrogen (secondary N) is 1. The first-order valence-corrected chi connectivity index (χ1v) is 10.0.